The lowest BCUT2D eigenvalue weighted by atomic mass is 9.43. The fourth-order valence-corrected chi connectivity index (χ4v) is 11.9. The standard InChI is InChI=1S/C33H54O10/c1-15-7-10-33(40-14-15)16(2)24-22(43-33)12-20-18-6-5-17-11-21(35)25(36)29(32(17,4)19(18)8-9-31(20,24)3)42-30-28(39)27(38)26(37)23(13-34)41-30/h15-30,34-39H,5-14H2,1-4H3/t15-,16?,17-,18?,19?,20?,21?,22?,23-,24?,25-,26-,27+,28-,29-,30+,31+,32+,33?/m1/s1. The van der Waals surface area contributed by atoms with E-state index in [2.05, 4.69) is 27.7 Å². The summed E-state index contributed by atoms with van der Waals surface area (Å²) >= 11 is 0. The summed E-state index contributed by atoms with van der Waals surface area (Å²) in [5, 5.41) is 63.7. The van der Waals surface area contributed by atoms with Gasteiger partial charge in [-0.3, -0.25) is 0 Å². The Bertz CT molecular complexity index is 1030. The van der Waals surface area contributed by atoms with Crippen molar-refractivity contribution < 1.29 is 49.6 Å². The molecular formula is C33H54O10. The summed E-state index contributed by atoms with van der Waals surface area (Å²) in [5.74, 6) is 2.11. The predicted octanol–water partition coefficient (Wildman–Crippen LogP) is 1.56. The zero-order chi connectivity index (χ0) is 30.6. The van der Waals surface area contributed by atoms with Crippen LogP contribution in [0.5, 0.6) is 0 Å². The smallest absolute Gasteiger partial charge is 0.187 e. The Balaban J connectivity index is 1.16. The molecule has 3 saturated heterocycles. The second-order valence-electron chi connectivity index (χ2n) is 16.1. The monoisotopic (exact) mass is 610 g/mol. The quantitative estimate of drug-likeness (QED) is 0.277. The highest BCUT2D eigenvalue weighted by atomic mass is 16.7. The summed E-state index contributed by atoms with van der Waals surface area (Å²) in [4.78, 5) is 0. The van der Waals surface area contributed by atoms with Gasteiger partial charge in [0.1, 0.15) is 30.5 Å². The molecule has 7 rings (SSSR count). The Hall–Kier alpha value is -0.400. The number of aliphatic hydroxyl groups is 6. The van der Waals surface area contributed by atoms with Crippen molar-refractivity contribution in [2.45, 2.75) is 140 Å². The SMILES string of the molecule is CC1C2C(CC3C4CC[C@@H]5CC(O)[C@@H](O)[C@@H](O[C@@H]6O[C@H](CO)[C@@H](O)[C@H](O)[C@H]6O)[C@]5(C)C4CC[C@@]32C)OC12CC[C@@H](C)CO2. The molecule has 3 aliphatic heterocycles. The normalized spacial score (nSPS) is 61.5. The van der Waals surface area contributed by atoms with Crippen molar-refractivity contribution in [1.82, 2.24) is 0 Å². The van der Waals surface area contributed by atoms with Crippen molar-refractivity contribution in [2.24, 2.45) is 52.3 Å². The molecule has 43 heavy (non-hydrogen) atoms. The minimum absolute atomic E-state index is 0.114. The Morgan fingerprint density at radius 1 is 0.837 bits per heavy atom. The second-order valence-corrected chi connectivity index (χ2v) is 16.1. The molecule has 19 atom stereocenters. The van der Waals surface area contributed by atoms with E-state index in [0.29, 0.717) is 36.0 Å². The molecule has 6 N–H and O–H groups in total. The molecule has 0 radical (unpaired) electrons. The number of ether oxygens (including phenoxy) is 4. The minimum Gasteiger partial charge on any atom is -0.394 e. The van der Waals surface area contributed by atoms with Gasteiger partial charge in [0.2, 0.25) is 0 Å². The van der Waals surface area contributed by atoms with E-state index in [-0.39, 0.29) is 23.4 Å². The second kappa shape index (κ2) is 10.8. The van der Waals surface area contributed by atoms with E-state index in [9.17, 15) is 30.6 Å². The molecule has 0 aromatic rings. The van der Waals surface area contributed by atoms with Crippen molar-refractivity contribution in [2.75, 3.05) is 13.2 Å². The zero-order valence-corrected chi connectivity index (χ0v) is 26.1. The Morgan fingerprint density at radius 2 is 1.60 bits per heavy atom. The molecule has 10 nitrogen and oxygen atoms in total. The van der Waals surface area contributed by atoms with Gasteiger partial charge in [-0.2, -0.15) is 0 Å². The molecule has 0 aromatic heterocycles. The molecule has 0 aromatic carbocycles. The number of aliphatic hydroxyl groups excluding tert-OH is 6. The summed E-state index contributed by atoms with van der Waals surface area (Å²) in [6, 6.07) is 0. The van der Waals surface area contributed by atoms with Crippen LogP contribution in [0, 0.1) is 52.3 Å². The molecule has 4 aliphatic carbocycles. The maximum absolute atomic E-state index is 11.4. The Kier molecular flexibility index (Phi) is 7.86. The van der Waals surface area contributed by atoms with Crippen LogP contribution in [0.25, 0.3) is 0 Å². The molecule has 0 amide bonds. The molecule has 1 spiro atoms. The molecule has 7 fully saturated rings. The Morgan fingerprint density at radius 3 is 2.30 bits per heavy atom. The van der Waals surface area contributed by atoms with Crippen LogP contribution in [0.15, 0.2) is 0 Å². The largest absolute Gasteiger partial charge is 0.394 e. The first kappa shape index (κ1) is 31.2. The molecule has 3 heterocycles. The van der Waals surface area contributed by atoms with Gasteiger partial charge in [0.25, 0.3) is 0 Å². The minimum atomic E-state index is -1.57. The highest BCUT2D eigenvalue weighted by molar-refractivity contribution is 5.17. The molecule has 0 bridgehead atoms. The first-order valence-corrected chi connectivity index (χ1v) is 17.0. The third-order valence-corrected chi connectivity index (χ3v) is 14.2. The Labute approximate surface area is 255 Å². The summed E-state index contributed by atoms with van der Waals surface area (Å²) in [5.41, 5.74) is -0.374. The molecule has 246 valence electrons. The average molecular weight is 611 g/mol. The van der Waals surface area contributed by atoms with Crippen LogP contribution in [0.2, 0.25) is 0 Å². The summed E-state index contributed by atoms with van der Waals surface area (Å²) in [7, 11) is 0. The highest BCUT2D eigenvalue weighted by Crippen LogP contribution is 2.71. The molecule has 4 saturated carbocycles. The van der Waals surface area contributed by atoms with Gasteiger partial charge in [-0.15, -0.1) is 0 Å². The first-order valence-electron chi connectivity index (χ1n) is 17.0. The lowest BCUT2D eigenvalue weighted by Crippen LogP contribution is -2.67. The van der Waals surface area contributed by atoms with Crippen molar-refractivity contribution in [3.63, 3.8) is 0 Å². The van der Waals surface area contributed by atoms with E-state index in [0.717, 1.165) is 51.6 Å². The van der Waals surface area contributed by atoms with Gasteiger partial charge in [-0.05, 0) is 85.9 Å². The lowest BCUT2D eigenvalue weighted by Gasteiger charge is -2.64. The third-order valence-electron chi connectivity index (χ3n) is 14.2. The van der Waals surface area contributed by atoms with Crippen LogP contribution in [0.3, 0.4) is 0 Å². The molecule has 7 aliphatic rings. The number of hydrogen-bond acceptors (Lipinski definition) is 10. The van der Waals surface area contributed by atoms with Gasteiger partial charge in [-0.1, -0.05) is 27.7 Å². The van der Waals surface area contributed by atoms with E-state index in [1.54, 1.807) is 0 Å². The van der Waals surface area contributed by atoms with E-state index in [4.69, 9.17) is 18.9 Å². The van der Waals surface area contributed by atoms with Crippen molar-refractivity contribution in [1.29, 1.82) is 0 Å². The van der Waals surface area contributed by atoms with Crippen LogP contribution in [-0.4, -0.2) is 105 Å². The number of rotatable bonds is 3. The van der Waals surface area contributed by atoms with Crippen molar-refractivity contribution in [3.8, 4) is 0 Å². The lowest BCUT2D eigenvalue weighted by molar-refractivity contribution is -0.346. The van der Waals surface area contributed by atoms with Crippen molar-refractivity contribution >= 4 is 0 Å². The van der Waals surface area contributed by atoms with Crippen LogP contribution < -0.4 is 0 Å². The summed E-state index contributed by atoms with van der Waals surface area (Å²) in [6.45, 7) is 9.47. The van der Waals surface area contributed by atoms with Crippen LogP contribution >= 0.6 is 0 Å². The highest BCUT2D eigenvalue weighted by Gasteiger charge is 2.70. The van der Waals surface area contributed by atoms with Gasteiger partial charge in [0, 0.05) is 17.8 Å². The van der Waals surface area contributed by atoms with E-state index >= 15 is 0 Å². The van der Waals surface area contributed by atoms with Crippen LogP contribution in [-0.2, 0) is 18.9 Å². The molecule has 10 heteroatoms. The predicted molar refractivity (Wildman–Crippen MR) is 153 cm³/mol. The van der Waals surface area contributed by atoms with E-state index in [1.165, 1.54) is 0 Å². The van der Waals surface area contributed by atoms with Gasteiger partial charge < -0.3 is 49.6 Å². The topological polar surface area (TPSA) is 158 Å². The van der Waals surface area contributed by atoms with Crippen LogP contribution in [0.1, 0.15) is 79.1 Å². The fraction of sp³-hybridized carbons (Fsp3) is 1.00. The first-order chi connectivity index (χ1) is 20.4. The van der Waals surface area contributed by atoms with Gasteiger partial charge in [0.05, 0.1) is 31.5 Å². The summed E-state index contributed by atoms with van der Waals surface area (Å²) in [6.07, 6.45) is -2.33. The number of fused-ring (bicyclic) bond motifs is 7. The molecular weight excluding hydrogens is 556 g/mol. The summed E-state index contributed by atoms with van der Waals surface area (Å²) < 4.78 is 25.5. The molecule has 8 unspecified atom stereocenters. The maximum atomic E-state index is 11.4. The van der Waals surface area contributed by atoms with Crippen molar-refractivity contribution in [3.05, 3.63) is 0 Å². The average Bonchev–Trinajstić information content (AvgIpc) is 3.43. The van der Waals surface area contributed by atoms with Gasteiger partial charge in [-0.25, -0.2) is 0 Å². The fourth-order valence-electron chi connectivity index (χ4n) is 11.9. The van der Waals surface area contributed by atoms with Gasteiger partial charge >= 0.3 is 0 Å². The third kappa shape index (κ3) is 4.41. The van der Waals surface area contributed by atoms with E-state index < -0.39 is 66.8 Å². The van der Waals surface area contributed by atoms with Gasteiger partial charge in [0.15, 0.2) is 12.1 Å². The zero-order valence-electron chi connectivity index (χ0n) is 26.1. The van der Waals surface area contributed by atoms with Crippen LogP contribution in [0.4, 0.5) is 0 Å². The van der Waals surface area contributed by atoms with E-state index in [1.807, 2.05) is 0 Å². The maximum Gasteiger partial charge on any atom is 0.187 e. The number of hydrogen-bond donors (Lipinski definition) is 6.